The molecule has 2 saturated heterocycles. The van der Waals surface area contributed by atoms with E-state index in [2.05, 4.69) is 4.90 Å². The van der Waals surface area contributed by atoms with E-state index in [1.165, 1.54) is 23.6 Å². The Kier molecular flexibility index (Phi) is 6.92. The van der Waals surface area contributed by atoms with Crippen LogP contribution in [0.3, 0.4) is 0 Å². The third kappa shape index (κ3) is 5.28. The first kappa shape index (κ1) is 21.8. The number of hydrogen-bond acceptors (Lipinski definition) is 4. The van der Waals surface area contributed by atoms with Crippen molar-refractivity contribution in [2.75, 3.05) is 44.2 Å². The van der Waals surface area contributed by atoms with Crippen molar-refractivity contribution in [1.29, 1.82) is 0 Å². The molecule has 0 spiro atoms. The highest BCUT2D eigenvalue weighted by atomic mass is 32.2. The lowest BCUT2D eigenvalue weighted by atomic mass is 10.1. The number of amides is 1. The summed E-state index contributed by atoms with van der Waals surface area (Å²) in [4.78, 5) is 17.0. The largest absolute Gasteiger partial charge is 0.372 e. The van der Waals surface area contributed by atoms with Gasteiger partial charge in [-0.25, -0.2) is 8.42 Å². The number of aryl methyl sites for hydroxylation is 1. The number of carbonyl (C=O) groups excluding carboxylic acids is 1. The predicted molar refractivity (Wildman–Crippen MR) is 123 cm³/mol. The maximum atomic E-state index is 13.1. The van der Waals surface area contributed by atoms with Gasteiger partial charge in [0.25, 0.3) is 0 Å². The SMILES string of the molecule is O=C(CCc1ccccc1)N1CCN(S(=O)(=O)c2ccc(N3CCCCC3)cc2)CC1. The molecule has 0 radical (unpaired) electrons. The number of hydrogen-bond donors (Lipinski definition) is 0. The van der Waals surface area contributed by atoms with E-state index in [1.807, 2.05) is 42.5 Å². The third-order valence-corrected chi connectivity index (χ3v) is 8.17. The van der Waals surface area contributed by atoms with Crippen molar-refractivity contribution in [3.8, 4) is 0 Å². The number of sulfonamides is 1. The van der Waals surface area contributed by atoms with Gasteiger partial charge in [0, 0.05) is 51.4 Å². The number of piperazine rings is 1. The molecule has 7 heteroatoms. The highest BCUT2D eigenvalue weighted by Crippen LogP contribution is 2.24. The van der Waals surface area contributed by atoms with E-state index in [1.54, 1.807) is 17.0 Å². The van der Waals surface area contributed by atoms with Gasteiger partial charge in [-0.2, -0.15) is 4.31 Å². The summed E-state index contributed by atoms with van der Waals surface area (Å²) in [5.74, 6) is 0.0896. The van der Waals surface area contributed by atoms with Crippen LogP contribution in [0.5, 0.6) is 0 Å². The zero-order chi connectivity index (χ0) is 21.7. The Labute approximate surface area is 185 Å². The average Bonchev–Trinajstić information content (AvgIpc) is 2.84. The van der Waals surface area contributed by atoms with E-state index >= 15 is 0 Å². The van der Waals surface area contributed by atoms with E-state index in [9.17, 15) is 13.2 Å². The van der Waals surface area contributed by atoms with E-state index in [0.717, 1.165) is 24.3 Å². The van der Waals surface area contributed by atoms with Crippen molar-refractivity contribution in [3.63, 3.8) is 0 Å². The van der Waals surface area contributed by atoms with E-state index in [0.29, 0.717) is 43.9 Å². The minimum Gasteiger partial charge on any atom is -0.372 e. The summed E-state index contributed by atoms with van der Waals surface area (Å²) >= 11 is 0. The van der Waals surface area contributed by atoms with Gasteiger partial charge in [0.15, 0.2) is 0 Å². The summed E-state index contributed by atoms with van der Waals surface area (Å²) in [6.45, 7) is 3.64. The van der Waals surface area contributed by atoms with Crippen LogP contribution < -0.4 is 4.90 Å². The minimum absolute atomic E-state index is 0.0896. The molecule has 0 aliphatic carbocycles. The van der Waals surface area contributed by atoms with Crippen molar-refractivity contribution >= 4 is 21.6 Å². The number of piperidine rings is 1. The van der Waals surface area contributed by atoms with Gasteiger partial charge in [-0.1, -0.05) is 30.3 Å². The molecule has 2 aliphatic heterocycles. The molecule has 0 bridgehead atoms. The Hall–Kier alpha value is -2.38. The molecule has 0 N–H and O–H groups in total. The molecule has 0 unspecified atom stereocenters. The number of carbonyl (C=O) groups is 1. The lowest BCUT2D eigenvalue weighted by Crippen LogP contribution is -2.50. The standard InChI is InChI=1S/C24H31N3O3S/c28-24(14-9-21-7-3-1-4-8-21)26-17-19-27(20-18-26)31(29,30)23-12-10-22(11-13-23)25-15-5-2-6-16-25/h1,3-4,7-8,10-13H,2,5-6,9,14-20H2. The van der Waals surface area contributed by atoms with Crippen molar-refractivity contribution in [3.05, 3.63) is 60.2 Å². The predicted octanol–water partition coefficient (Wildman–Crippen LogP) is 3.14. The molecule has 31 heavy (non-hydrogen) atoms. The second kappa shape index (κ2) is 9.83. The molecule has 4 rings (SSSR count). The monoisotopic (exact) mass is 441 g/mol. The number of rotatable bonds is 6. The quantitative estimate of drug-likeness (QED) is 0.691. The normalized spacial score (nSPS) is 18.2. The van der Waals surface area contributed by atoms with Crippen LogP contribution in [-0.2, 0) is 21.2 Å². The Morgan fingerprint density at radius 1 is 0.774 bits per heavy atom. The summed E-state index contributed by atoms with van der Waals surface area (Å²) in [7, 11) is -3.54. The van der Waals surface area contributed by atoms with Crippen LogP contribution in [0, 0.1) is 0 Å². The average molecular weight is 442 g/mol. The minimum atomic E-state index is -3.54. The molecule has 6 nitrogen and oxygen atoms in total. The van der Waals surface area contributed by atoms with Gasteiger partial charge >= 0.3 is 0 Å². The van der Waals surface area contributed by atoms with Crippen LogP contribution in [-0.4, -0.2) is 62.8 Å². The fourth-order valence-electron chi connectivity index (χ4n) is 4.36. The molecule has 2 aliphatic rings. The molecule has 166 valence electrons. The number of nitrogens with zero attached hydrogens (tertiary/aromatic N) is 3. The maximum absolute atomic E-state index is 13.1. The van der Waals surface area contributed by atoms with E-state index < -0.39 is 10.0 Å². The first-order chi connectivity index (χ1) is 15.0. The lowest BCUT2D eigenvalue weighted by Gasteiger charge is -2.34. The van der Waals surface area contributed by atoms with Gasteiger partial charge in [-0.05, 0) is 55.5 Å². The van der Waals surface area contributed by atoms with Gasteiger partial charge in [0.1, 0.15) is 0 Å². The van der Waals surface area contributed by atoms with Gasteiger partial charge in [0.05, 0.1) is 4.90 Å². The summed E-state index contributed by atoms with van der Waals surface area (Å²) in [5, 5.41) is 0. The summed E-state index contributed by atoms with van der Waals surface area (Å²) < 4.78 is 27.6. The molecule has 0 saturated carbocycles. The van der Waals surface area contributed by atoms with Crippen molar-refractivity contribution in [1.82, 2.24) is 9.21 Å². The highest BCUT2D eigenvalue weighted by Gasteiger charge is 2.30. The molecular formula is C24H31N3O3S. The van der Waals surface area contributed by atoms with Crippen LogP contribution in [0.1, 0.15) is 31.2 Å². The third-order valence-electron chi connectivity index (χ3n) is 6.26. The fourth-order valence-corrected chi connectivity index (χ4v) is 5.78. The maximum Gasteiger partial charge on any atom is 0.243 e. The van der Waals surface area contributed by atoms with Gasteiger partial charge < -0.3 is 9.80 Å². The van der Waals surface area contributed by atoms with Crippen LogP contribution in [0.2, 0.25) is 0 Å². The first-order valence-electron chi connectivity index (χ1n) is 11.2. The van der Waals surface area contributed by atoms with Gasteiger partial charge in [-0.3, -0.25) is 4.79 Å². The van der Waals surface area contributed by atoms with Crippen LogP contribution in [0.4, 0.5) is 5.69 Å². The van der Waals surface area contributed by atoms with E-state index in [-0.39, 0.29) is 5.91 Å². The fraction of sp³-hybridized carbons (Fsp3) is 0.458. The van der Waals surface area contributed by atoms with Crippen LogP contribution in [0.25, 0.3) is 0 Å². The van der Waals surface area contributed by atoms with Gasteiger partial charge in [-0.15, -0.1) is 0 Å². The zero-order valence-electron chi connectivity index (χ0n) is 17.9. The van der Waals surface area contributed by atoms with Crippen LogP contribution in [0.15, 0.2) is 59.5 Å². The Balaban J connectivity index is 1.31. The highest BCUT2D eigenvalue weighted by molar-refractivity contribution is 7.89. The van der Waals surface area contributed by atoms with Crippen molar-refractivity contribution in [2.24, 2.45) is 0 Å². The Bertz CT molecular complexity index is 963. The summed E-state index contributed by atoms with van der Waals surface area (Å²) in [6, 6.07) is 17.2. The summed E-state index contributed by atoms with van der Waals surface area (Å²) in [6.07, 6.45) is 4.81. The molecule has 1 amide bonds. The lowest BCUT2D eigenvalue weighted by molar-refractivity contribution is -0.132. The molecule has 2 aromatic carbocycles. The number of anilines is 1. The number of benzene rings is 2. The molecule has 2 fully saturated rings. The second-order valence-corrected chi connectivity index (χ2v) is 10.3. The smallest absolute Gasteiger partial charge is 0.243 e. The zero-order valence-corrected chi connectivity index (χ0v) is 18.8. The molecular weight excluding hydrogens is 410 g/mol. The van der Waals surface area contributed by atoms with Crippen molar-refractivity contribution in [2.45, 2.75) is 37.0 Å². The van der Waals surface area contributed by atoms with Crippen molar-refractivity contribution < 1.29 is 13.2 Å². The molecule has 2 aromatic rings. The van der Waals surface area contributed by atoms with E-state index in [4.69, 9.17) is 0 Å². The topological polar surface area (TPSA) is 60.9 Å². The van der Waals surface area contributed by atoms with Gasteiger partial charge in [0.2, 0.25) is 15.9 Å². The summed E-state index contributed by atoms with van der Waals surface area (Å²) in [5.41, 5.74) is 2.23. The Morgan fingerprint density at radius 3 is 2.06 bits per heavy atom. The second-order valence-electron chi connectivity index (χ2n) is 8.31. The molecule has 2 heterocycles. The molecule has 0 atom stereocenters. The van der Waals surface area contributed by atoms with Crippen LogP contribution >= 0.6 is 0 Å². The first-order valence-corrected chi connectivity index (χ1v) is 12.6. The molecule has 0 aromatic heterocycles. The Morgan fingerprint density at radius 2 is 1.42 bits per heavy atom.